The Balaban J connectivity index is 1.04. The van der Waals surface area contributed by atoms with Crippen LogP contribution >= 0.6 is 0 Å². The number of carbonyl (C=O) groups is 2. The van der Waals surface area contributed by atoms with Crippen LogP contribution in [0, 0.1) is 50.2 Å². The van der Waals surface area contributed by atoms with Gasteiger partial charge in [0, 0.05) is 10.8 Å². The molecule has 0 bridgehead atoms. The summed E-state index contributed by atoms with van der Waals surface area (Å²) in [6.07, 6.45) is -17.2. The van der Waals surface area contributed by atoms with Crippen LogP contribution in [-0.4, -0.2) is 186 Å². The lowest BCUT2D eigenvalue weighted by Crippen LogP contribution is -2.68. The molecule has 7 fully saturated rings. The standard InChI is InChI=1S/C47H74O19/c1-42(2)16-21-20-8-9-25-44(4)12-11-26(63-41-35(31(55)30(54)34(64-41)38(59)60)65-39-32(56)27(51)22(50)18-61-39)45(5,19-49)24(44)10-13-47(25,7)46(20,6)15-14-43(21,3)36(58)37(42)66-40-33(57)29(53)28(52)23(17-48)62-40/h8,21-35,37,39-41,48-57H,9-19H2,1-7H3,(H,59,60)/t21-,22+,23+,24+,25+,26-,27-,28+,29-,30-,31-,32+,33+,34-,35+,37-,39-,40-,41+,43+,44-,45+,46+,47+/m0/s1. The van der Waals surface area contributed by atoms with Gasteiger partial charge in [0.05, 0.1) is 25.9 Å². The number of aliphatic hydroxyl groups is 10. The summed E-state index contributed by atoms with van der Waals surface area (Å²) in [5.41, 5.74) is -2.09. The molecule has 0 amide bonds. The molecule has 4 saturated carbocycles. The average Bonchev–Trinajstić information content (AvgIpc) is 3.26. The van der Waals surface area contributed by atoms with E-state index in [1.54, 1.807) is 0 Å². The molecule has 11 N–H and O–H groups in total. The number of Topliss-reactive ketones (excluding diaryl/α,β-unsaturated/α-hetero) is 1. The van der Waals surface area contributed by atoms with Gasteiger partial charge in [-0.25, -0.2) is 4.79 Å². The molecule has 19 nitrogen and oxygen atoms in total. The van der Waals surface area contributed by atoms with Crippen LogP contribution in [0.15, 0.2) is 11.6 Å². The van der Waals surface area contributed by atoms with Gasteiger partial charge in [-0.2, -0.15) is 0 Å². The van der Waals surface area contributed by atoms with Crippen LogP contribution in [0.25, 0.3) is 0 Å². The third-order valence-corrected chi connectivity index (χ3v) is 19.1. The first-order chi connectivity index (χ1) is 30.7. The molecule has 0 aromatic heterocycles. The van der Waals surface area contributed by atoms with Crippen molar-refractivity contribution in [1.82, 2.24) is 0 Å². The summed E-state index contributed by atoms with van der Waals surface area (Å²) in [7, 11) is 0. The fourth-order valence-corrected chi connectivity index (χ4v) is 14.7. The van der Waals surface area contributed by atoms with E-state index >= 15 is 0 Å². The SMILES string of the molecule is CC1(C)C[C@H]2C3=CC[C@@H]4[C@@]5(C)CC[C@H](O[C@@H]6O[C@H](C(=O)O)[C@@H](O)[C@H](O)[C@H]6O[C@@H]6OC[C@@H](O)[C@H](O)[C@H]6O)[C@](C)(CO)[C@@H]5CC[C@@]4(C)[C@]3(C)CC[C@@]2(C)C(=O)[C@@H]1O[C@@H]1O[C@H](CO)[C@@H](O)[C@H](O)[C@H]1O. The molecular weight excluding hydrogens is 868 g/mol. The van der Waals surface area contributed by atoms with Crippen molar-refractivity contribution in [2.24, 2.45) is 50.2 Å². The Bertz CT molecular complexity index is 1860. The van der Waals surface area contributed by atoms with Crippen molar-refractivity contribution in [1.29, 1.82) is 0 Å². The predicted molar refractivity (Wildman–Crippen MR) is 226 cm³/mol. The summed E-state index contributed by atoms with van der Waals surface area (Å²) >= 11 is 0. The highest BCUT2D eigenvalue weighted by Crippen LogP contribution is 2.75. The van der Waals surface area contributed by atoms with Gasteiger partial charge < -0.3 is 84.6 Å². The van der Waals surface area contributed by atoms with E-state index in [-0.39, 0.29) is 46.4 Å². The summed E-state index contributed by atoms with van der Waals surface area (Å²) in [5.74, 6) is -1.76. The molecule has 376 valence electrons. The van der Waals surface area contributed by atoms with Gasteiger partial charge in [0.1, 0.15) is 67.1 Å². The fourth-order valence-electron chi connectivity index (χ4n) is 14.7. The number of aliphatic carboxylic acids is 1. The minimum Gasteiger partial charge on any atom is -0.479 e. The lowest BCUT2D eigenvalue weighted by Gasteiger charge is -2.71. The third-order valence-electron chi connectivity index (χ3n) is 19.1. The highest BCUT2D eigenvalue weighted by molar-refractivity contribution is 5.91. The van der Waals surface area contributed by atoms with E-state index in [0.29, 0.717) is 32.1 Å². The molecule has 19 heteroatoms. The Hall–Kier alpha value is -1.76. The summed E-state index contributed by atoms with van der Waals surface area (Å²) in [6, 6.07) is 0. The molecule has 3 heterocycles. The quantitative estimate of drug-likeness (QED) is 0.103. The second kappa shape index (κ2) is 17.5. The van der Waals surface area contributed by atoms with Gasteiger partial charge in [-0.05, 0) is 90.8 Å². The van der Waals surface area contributed by atoms with Crippen molar-refractivity contribution in [3.05, 3.63) is 11.6 Å². The predicted octanol–water partition coefficient (Wildman–Crippen LogP) is -0.505. The Morgan fingerprint density at radius 2 is 1.41 bits per heavy atom. The molecule has 5 aliphatic carbocycles. The van der Waals surface area contributed by atoms with Gasteiger partial charge in [-0.3, -0.25) is 4.79 Å². The van der Waals surface area contributed by atoms with Gasteiger partial charge in [-0.15, -0.1) is 0 Å². The number of carbonyl (C=O) groups excluding carboxylic acids is 1. The zero-order valence-corrected chi connectivity index (χ0v) is 39.0. The van der Waals surface area contributed by atoms with E-state index < -0.39 is 134 Å². The lowest BCUT2D eigenvalue weighted by atomic mass is 9.33. The normalized spacial score (nSPS) is 54.8. The molecule has 0 radical (unpaired) electrons. The van der Waals surface area contributed by atoms with Crippen LogP contribution < -0.4 is 0 Å². The number of hydrogen-bond donors (Lipinski definition) is 11. The summed E-state index contributed by atoms with van der Waals surface area (Å²) in [4.78, 5) is 27.1. The molecule has 0 unspecified atom stereocenters. The Morgan fingerprint density at radius 1 is 0.727 bits per heavy atom. The van der Waals surface area contributed by atoms with E-state index in [9.17, 15) is 65.8 Å². The molecule has 0 spiro atoms. The average molecular weight is 943 g/mol. The molecule has 8 aliphatic rings. The second-order valence-electron chi connectivity index (χ2n) is 23.0. The molecule has 3 aliphatic heterocycles. The number of hydrogen-bond acceptors (Lipinski definition) is 18. The van der Waals surface area contributed by atoms with Crippen molar-refractivity contribution in [2.45, 2.75) is 198 Å². The van der Waals surface area contributed by atoms with Crippen molar-refractivity contribution >= 4 is 11.8 Å². The zero-order valence-electron chi connectivity index (χ0n) is 39.0. The van der Waals surface area contributed by atoms with Crippen molar-refractivity contribution < 1.29 is 94.2 Å². The first-order valence-corrected chi connectivity index (χ1v) is 23.8. The Labute approximate surface area is 385 Å². The number of aliphatic hydroxyl groups excluding tert-OH is 10. The minimum absolute atomic E-state index is 0.108. The van der Waals surface area contributed by atoms with Crippen LogP contribution in [0.4, 0.5) is 0 Å². The number of allylic oxidation sites excluding steroid dienone is 2. The zero-order chi connectivity index (χ0) is 48.4. The topological polar surface area (TPSA) is 312 Å². The molecular formula is C47H74O19. The van der Waals surface area contributed by atoms with Crippen LogP contribution in [-0.2, 0) is 38.0 Å². The number of fused-ring (bicyclic) bond motifs is 7. The van der Waals surface area contributed by atoms with E-state index in [1.165, 1.54) is 5.57 Å². The number of rotatable bonds is 9. The number of carboxylic acids is 1. The highest BCUT2D eigenvalue weighted by Gasteiger charge is 2.71. The van der Waals surface area contributed by atoms with Crippen molar-refractivity contribution in [3.8, 4) is 0 Å². The van der Waals surface area contributed by atoms with Gasteiger partial charge in [0.2, 0.25) is 0 Å². The molecule has 0 aromatic rings. The van der Waals surface area contributed by atoms with E-state index in [4.69, 9.17) is 28.4 Å². The molecule has 66 heavy (non-hydrogen) atoms. The summed E-state index contributed by atoms with van der Waals surface area (Å²) in [6.45, 7) is 13.5. The van der Waals surface area contributed by atoms with Gasteiger partial charge in [0.15, 0.2) is 30.8 Å². The van der Waals surface area contributed by atoms with E-state index in [1.807, 2.05) is 27.7 Å². The molecule has 0 aromatic carbocycles. The Morgan fingerprint density at radius 3 is 2.06 bits per heavy atom. The monoisotopic (exact) mass is 942 g/mol. The lowest BCUT2D eigenvalue weighted by molar-refractivity contribution is -0.367. The summed E-state index contributed by atoms with van der Waals surface area (Å²) in [5, 5.41) is 116. The van der Waals surface area contributed by atoms with E-state index in [2.05, 4.69) is 26.8 Å². The first kappa shape index (κ1) is 50.6. The van der Waals surface area contributed by atoms with Crippen molar-refractivity contribution in [3.63, 3.8) is 0 Å². The largest absolute Gasteiger partial charge is 0.479 e. The smallest absolute Gasteiger partial charge is 0.335 e. The van der Waals surface area contributed by atoms with Crippen LogP contribution in [0.1, 0.15) is 99.8 Å². The molecule has 8 rings (SSSR count). The van der Waals surface area contributed by atoms with Crippen LogP contribution in [0.5, 0.6) is 0 Å². The summed E-state index contributed by atoms with van der Waals surface area (Å²) < 4.78 is 35.7. The van der Waals surface area contributed by atoms with Gasteiger partial charge >= 0.3 is 5.97 Å². The number of carboxylic acid groups (broad SMARTS) is 1. The number of ketones is 1. The van der Waals surface area contributed by atoms with Crippen LogP contribution in [0.2, 0.25) is 0 Å². The maximum absolute atomic E-state index is 14.9. The second-order valence-corrected chi connectivity index (χ2v) is 23.0. The minimum atomic E-state index is -1.97. The molecule has 24 atom stereocenters. The third kappa shape index (κ3) is 7.52. The molecule has 3 saturated heterocycles. The van der Waals surface area contributed by atoms with Crippen molar-refractivity contribution in [2.75, 3.05) is 19.8 Å². The highest BCUT2D eigenvalue weighted by atomic mass is 16.8. The van der Waals surface area contributed by atoms with Gasteiger partial charge in [0.25, 0.3) is 0 Å². The maximum atomic E-state index is 14.9. The Kier molecular flexibility index (Phi) is 13.4. The fraction of sp³-hybridized carbons (Fsp3) is 0.915. The van der Waals surface area contributed by atoms with E-state index in [0.717, 1.165) is 19.3 Å². The first-order valence-electron chi connectivity index (χ1n) is 23.8. The maximum Gasteiger partial charge on any atom is 0.335 e. The van der Waals surface area contributed by atoms with Gasteiger partial charge in [-0.1, -0.05) is 60.1 Å². The van der Waals surface area contributed by atoms with Crippen LogP contribution in [0.3, 0.4) is 0 Å². The number of ether oxygens (including phenoxy) is 6.